The summed E-state index contributed by atoms with van der Waals surface area (Å²) in [5, 5.41) is 1.34. The number of hydroxylamine groups is 2. The largest absolute Gasteiger partial charge is 0.480 e. The maximum atomic E-state index is 11.7. The van der Waals surface area contributed by atoms with E-state index >= 15 is 0 Å². The maximum Gasteiger partial charge on any atom is 0.480 e. The standard InChI is InChI=1S/C8H16F3NO.C2F6NO4S2/c1-3-5-6-12(4-2)13-7-8(9,10)11;3-1(4,5)14(10,11)9-15(12,13)2(6,7)8/h3-7H2,1-2H3;/q;-1. The number of rotatable bonds is 8. The fraction of sp³-hybridized carbons (Fsp3) is 1.00. The average molecular weight is 479 g/mol. The highest BCUT2D eigenvalue weighted by Crippen LogP contribution is 2.36. The number of unbranched alkanes of at least 4 members (excludes halogenated alkanes) is 1. The van der Waals surface area contributed by atoms with E-state index in [2.05, 4.69) is 4.84 Å². The molecule has 7 nitrogen and oxygen atoms in total. The number of hydrogen-bond donors (Lipinski definition) is 0. The fourth-order valence-electron chi connectivity index (χ4n) is 1.03. The molecule has 0 aromatic heterocycles. The minimum Gasteiger partial charge on any atom is -0.421 e. The monoisotopic (exact) mass is 479 g/mol. The van der Waals surface area contributed by atoms with E-state index in [9.17, 15) is 56.3 Å². The Balaban J connectivity index is 0. The Kier molecular flexibility index (Phi) is 11.3. The summed E-state index contributed by atoms with van der Waals surface area (Å²) in [6.07, 6.45) is -2.43. The Morgan fingerprint density at radius 2 is 1.21 bits per heavy atom. The zero-order chi connectivity index (χ0) is 23.0. The molecular formula is C10H16F9N2O5S2-. The lowest BCUT2D eigenvalue weighted by atomic mass is 10.3. The van der Waals surface area contributed by atoms with Crippen molar-refractivity contribution in [2.45, 2.75) is 43.9 Å². The van der Waals surface area contributed by atoms with E-state index in [4.69, 9.17) is 0 Å². The predicted octanol–water partition coefficient (Wildman–Crippen LogP) is 3.66. The third kappa shape index (κ3) is 11.9. The van der Waals surface area contributed by atoms with Crippen LogP contribution in [0.25, 0.3) is 4.13 Å². The van der Waals surface area contributed by atoms with Crippen molar-refractivity contribution >= 4 is 20.0 Å². The molecule has 0 atom stereocenters. The van der Waals surface area contributed by atoms with Gasteiger partial charge in [0.15, 0.2) is 26.7 Å². The fourth-order valence-corrected chi connectivity index (χ4v) is 2.74. The molecule has 0 aliphatic rings. The summed E-state index contributed by atoms with van der Waals surface area (Å²) in [7, 11) is -13.4. The Bertz CT molecular complexity index is 614. The third-order valence-electron chi connectivity index (χ3n) is 2.31. The van der Waals surface area contributed by atoms with Crippen LogP contribution in [0.4, 0.5) is 39.5 Å². The van der Waals surface area contributed by atoms with E-state index < -0.39 is 43.8 Å². The van der Waals surface area contributed by atoms with Gasteiger partial charge in [-0.2, -0.15) is 44.6 Å². The van der Waals surface area contributed by atoms with E-state index in [1.165, 1.54) is 5.06 Å². The molecule has 0 rings (SSSR count). The number of hydrogen-bond acceptors (Lipinski definition) is 6. The van der Waals surface area contributed by atoms with Crippen molar-refractivity contribution in [2.75, 3.05) is 19.7 Å². The second-order valence-corrected chi connectivity index (χ2v) is 8.10. The zero-order valence-corrected chi connectivity index (χ0v) is 15.8. The quantitative estimate of drug-likeness (QED) is 0.390. The highest BCUT2D eigenvalue weighted by atomic mass is 32.3. The first-order chi connectivity index (χ1) is 12.2. The molecule has 28 heavy (non-hydrogen) atoms. The summed E-state index contributed by atoms with van der Waals surface area (Å²) >= 11 is 0. The molecule has 0 saturated heterocycles. The highest BCUT2D eigenvalue weighted by molar-refractivity contribution is 8.13. The van der Waals surface area contributed by atoms with Crippen LogP contribution in [0.1, 0.15) is 26.7 Å². The third-order valence-corrected chi connectivity index (χ3v) is 5.05. The van der Waals surface area contributed by atoms with Crippen LogP contribution >= 0.6 is 0 Å². The van der Waals surface area contributed by atoms with Gasteiger partial charge in [0.1, 0.15) is 0 Å². The lowest BCUT2D eigenvalue weighted by Gasteiger charge is -2.22. The van der Waals surface area contributed by atoms with Gasteiger partial charge in [0, 0.05) is 13.1 Å². The molecule has 0 fully saturated rings. The first-order valence-electron chi connectivity index (χ1n) is 7.01. The van der Waals surface area contributed by atoms with E-state index in [0.717, 1.165) is 17.0 Å². The molecule has 0 radical (unpaired) electrons. The molecule has 0 bridgehead atoms. The van der Waals surface area contributed by atoms with Gasteiger partial charge in [-0.25, -0.2) is 16.8 Å². The minimum atomic E-state index is -6.72. The smallest absolute Gasteiger partial charge is 0.421 e. The Morgan fingerprint density at radius 1 is 0.821 bits per heavy atom. The molecular weight excluding hydrogens is 463 g/mol. The van der Waals surface area contributed by atoms with Gasteiger partial charge in [0.2, 0.25) is 0 Å². The number of alkyl halides is 9. The summed E-state index contributed by atoms with van der Waals surface area (Å²) in [5.74, 6) is 0. The molecule has 0 aromatic rings. The van der Waals surface area contributed by atoms with Crippen LogP contribution in [0.15, 0.2) is 0 Å². The van der Waals surface area contributed by atoms with Gasteiger partial charge < -0.3 is 4.13 Å². The summed E-state index contributed by atoms with van der Waals surface area (Å²) < 4.78 is 144. The second kappa shape index (κ2) is 10.8. The number of halogens is 9. The van der Waals surface area contributed by atoms with Crippen molar-refractivity contribution in [1.29, 1.82) is 0 Å². The van der Waals surface area contributed by atoms with Crippen molar-refractivity contribution in [3.8, 4) is 0 Å². The molecule has 0 N–H and O–H groups in total. The second-order valence-electron chi connectivity index (χ2n) is 4.68. The minimum absolute atomic E-state index is 0.482. The summed E-state index contributed by atoms with van der Waals surface area (Å²) in [4.78, 5) is 4.57. The molecule has 0 amide bonds. The van der Waals surface area contributed by atoms with Gasteiger partial charge >= 0.3 is 17.2 Å². The normalized spacial score (nSPS) is 14.0. The van der Waals surface area contributed by atoms with Gasteiger partial charge in [-0.1, -0.05) is 20.3 Å². The predicted molar refractivity (Wildman–Crippen MR) is 77.5 cm³/mol. The lowest BCUT2D eigenvalue weighted by Crippen LogP contribution is -2.30. The molecule has 0 spiro atoms. The van der Waals surface area contributed by atoms with Gasteiger partial charge in [-0.15, -0.1) is 0 Å². The number of nitrogens with zero attached hydrogens (tertiary/aromatic N) is 2. The molecule has 0 unspecified atom stereocenters. The average Bonchev–Trinajstić information content (AvgIpc) is 2.43. The molecule has 0 aromatic carbocycles. The Morgan fingerprint density at radius 3 is 1.46 bits per heavy atom. The molecule has 0 saturated carbocycles. The van der Waals surface area contributed by atoms with Crippen molar-refractivity contribution in [3.05, 3.63) is 4.13 Å². The SMILES string of the molecule is CCCCN(CC)OCC(F)(F)F.O=S(=O)([N-]S(=O)(=O)C(F)(F)F)C(F)(F)F. The van der Waals surface area contributed by atoms with Crippen LogP contribution in [0.3, 0.4) is 0 Å². The van der Waals surface area contributed by atoms with Crippen LogP contribution < -0.4 is 0 Å². The van der Waals surface area contributed by atoms with E-state index in [1.54, 1.807) is 6.92 Å². The van der Waals surface area contributed by atoms with Crippen LogP contribution in [-0.2, 0) is 24.9 Å². The summed E-state index contributed by atoms with van der Waals surface area (Å²) in [5.41, 5.74) is -12.4. The molecule has 172 valence electrons. The van der Waals surface area contributed by atoms with Crippen molar-refractivity contribution < 1.29 is 61.2 Å². The van der Waals surface area contributed by atoms with Gasteiger partial charge in [0.25, 0.3) is 0 Å². The van der Waals surface area contributed by atoms with Gasteiger partial charge in [-0.05, 0) is 6.42 Å². The van der Waals surface area contributed by atoms with E-state index in [1.807, 2.05) is 6.92 Å². The lowest BCUT2D eigenvalue weighted by molar-refractivity contribution is -0.251. The number of sulfonamides is 2. The maximum absolute atomic E-state index is 11.7. The Labute approximate surface area is 154 Å². The highest BCUT2D eigenvalue weighted by Gasteiger charge is 2.46. The first-order valence-corrected chi connectivity index (χ1v) is 9.89. The van der Waals surface area contributed by atoms with Crippen molar-refractivity contribution in [2.24, 2.45) is 0 Å². The van der Waals surface area contributed by atoms with Crippen LogP contribution in [0.2, 0.25) is 0 Å². The molecule has 0 aliphatic heterocycles. The Hall–Kier alpha value is -0.850. The van der Waals surface area contributed by atoms with E-state index in [-0.39, 0.29) is 0 Å². The van der Waals surface area contributed by atoms with Crippen LogP contribution in [0, 0.1) is 0 Å². The van der Waals surface area contributed by atoms with Crippen LogP contribution in [0.5, 0.6) is 0 Å². The molecule has 18 heteroatoms. The first kappa shape index (κ1) is 29.4. The van der Waals surface area contributed by atoms with E-state index in [0.29, 0.717) is 13.1 Å². The van der Waals surface area contributed by atoms with Crippen LogP contribution in [-0.4, -0.2) is 58.8 Å². The van der Waals surface area contributed by atoms with Gasteiger partial charge in [-0.3, -0.25) is 4.84 Å². The summed E-state index contributed by atoms with van der Waals surface area (Å²) in [6, 6.07) is 0. The summed E-state index contributed by atoms with van der Waals surface area (Å²) in [6.45, 7) is 3.60. The molecule has 0 heterocycles. The molecule has 0 aliphatic carbocycles. The van der Waals surface area contributed by atoms with Gasteiger partial charge in [0.05, 0.1) is 0 Å². The zero-order valence-electron chi connectivity index (χ0n) is 14.2. The topological polar surface area (TPSA) is 94.8 Å². The van der Waals surface area contributed by atoms with Crippen molar-refractivity contribution in [1.82, 2.24) is 5.06 Å². The van der Waals surface area contributed by atoms with Crippen molar-refractivity contribution in [3.63, 3.8) is 0 Å².